The van der Waals surface area contributed by atoms with E-state index < -0.39 is 11.9 Å². The predicted molar refractivity (Wildman–Crippen MR) is 153 cm³/mol. The molecule has 0 aromatic heterocycles. The summed E-state index contributed by atoms with van der Waals surface area (Å²) in [5, 5.41) is 12.4. The van der Waals surface area contributed by atoms with Crippen LogP contribution in [0.1, 0.15) is 131 Å². The molecule has 0 spiro atoms. The van der Waals surface area contributed by atoms with Crippen LogP contribution in [0.4, 0.5) is 5.69 Å². The average molecular weight is 510 g/mol. The first-order valence-corrected chi connectivity index (χ1v) is 14.1. The van der Waals surface area contributed by atoms with E-state index in [1.807, 2.05) is 18.2 Å². The van der Waals surface area contributed by atoms with Gasteiger partial charge in [0, 0.05) is 0 Å². The first kappa shape index (κ1) is 30.4. The Morgan fingerprint density at radius 3 is 1.86 bits per heavy atom. The molecule has 2 aromatic carbocycles. The number of unbranched alkanes of at least 4 members (excludes halogenated alkanes) is 11. The lowest BCUT2D eigenvalue weighted by atomic mass is 9.87. The van der Waals surface area contributed by atoms with Gasteiger partial charge < -0.3 is 15.2 Å². The molecule has 5 nitrogen and oxygen atoms in total. The first-order valence-electron chi connectivity index (χ1n) is 14.1. The number of ether oxygens (including phenoxy) is 1. The van der Waals surface area contributed by atoms with Gasteiger partial charge in [0.15, 0.2) is 0 Å². The number of rotatable bonds is 17. The zero-order chi connectivity index (χ0) is 27.1. The van der Waals surface area contributed by atoms with Gasteiger partial charge in [-0.15, -0.1) is 0 Å². The van der Waals surface area contributed by atoms with E-state index in [0.29, 0.717) is 18.0 Å². The molecule has 0 aliphatic carbocycles. The van der Waals surface area contributed by atoms with Crippen LogP contribution < -0.4 is 10.1 Å². The lowest BCUT2D eigenvalue weighted by Crippen LogP contribution is -2.18. The van der Waals surface area contributed by atoms with Crippen molar-refractivity contribution in [3.05, 3.63) is 59.2 Å². The summed E-state index contributed by atoms with van der Waals surface area (Å²) in [6.45, 7) is 9.18. The van der Waals surface area contributed by atoms with Crippen LogP contribution in [0.15, 0.2) is 42.5 Å². The molecule has 5 heteroatoms. The van der Waals surface area contributed by atoms with Crippen LogP contribution >= 0.6 is 0 Å². The molecular weight excluding hydrogens is 462 g/mol. The number of anilines is 1. The average Bonchev–Trinajstić information content (AvgIpc) is 2.86. The van der Waals surface area contributed by atoms with Gasteiger partial charge in [0.25, 0.3) is 5.91 Å². The summed E-state index contributed by atoms with van der Waals surface area (Å²) < 4.78 is 6.08. The number of carbonyl (C=O) groups excluding carboxylic acids is 1. The highest BCUT2D eigenvalue weighted by Gasteiger charge is 2.20. The molecular formula is C32H47NO4. The van der Waals surface area contributed by atoms with Crippen LogP contribution in [-0.4, -0.2) is 23.6 Å². The molecule has 0 heterocycles. The van der Waals surface area contributed by atoms with Crippen LogP contribution in [0, 0.1) is 0 Å². The number of hydrogen-bond donors (Lipinski definition) is 2. The third kappa shape index (κ3) is 11.0. The minimum absolute atomic E-state index is 0.0223. The zero-order valence-corrected chi connectivity index (χ0v) is 23.4. The molecule has 1 amide bonds. The van der Waals surface area contributed by atoms with E-state index in [1.54, 1.807) is 12.1 Å². The van der Waals surface area contributed by atoms with Crippen LogP contribution in [0.2, 0.25) is 0 Å². The summed E-state index contributed by atoms with van der Waals surface area (Å²) in [6, 6.07) is 12.1. The van der Waals surface area contributed by atoms with E-state index in [4.69, 9.17) is 4.74 Å². The van der Waals surface area contributed by atoms with Crippen molar-refractivity contribution in [1.82, 2.24) is 0 Å². The monoisotopic (exact) mass is 509 g/mol. The molecule has 2 N–H and O–H groups in total. The number of benzene rings is 2. The first-order chi connectivity index (χ1) is 17.7. The van der Waals surface area contributed by atoms with Crippen LogP contribution in [0.3, 0.4) is 0 Å². The Kier molecular flexibility index (Phi) is 13.2. The highest BCUT2D eigenvalue weighted by Crippen LogP contribution is 2.32. The summed E-state index contributed by atoms with van der Waals surface area (Å²) in [4.78, 5) is 24.6. The molecule has 0 bridgehead atoms. The predicted octanol–water partition coefficient (Wildman–Crippen LogP) is 9.01. The van der Waals surface area contributed by atoms with Gasteiger partial charge in [-0.3, -0.25) is 4.79 Å². The van der Waals surface area contributed by atoms with Crippen LogP contribution in [-0.2, 0) is 5.41 Å². The maximum atomic E-state index is 13.0. The summed E-state index contributed by atoms with van der Waals surface area (Å²) in [6.07, 6.45) is 15.4. The van der Waals surface area contributed by atoms with Gasteiger partial charge in [0.05, 0.1) is 23.4 Å². The van der Waals surface area contributed by atoms with Gasteiger partial charge in [0.2, 0.25) is 0 Å². The molecule has 0 saturated carbocycles. The quantitative estimate of drug-likeness (QED) is 0.209. The van der Waals surface area contributed by atoms with Crippen molar-refractivity contribution in [3.63, 3.8) is 0 Å². The number of aromatic carboxylic acids is 1. The van der Waals surface area contributed by atoms with Crippen molar-refractivity contribution in [2.75, 3.05) is 11.9 Å². The number of nitrogens with one attached hydrogen (secondary N) is 1. The highest BCUT2D eigenvalue weighted by molar-refractivity contribution is 6.11. The molecule has 204 valence electrons. The largest absolute Gasteiger partial charge is 0.491 e. The molecule has 0 aliphatic heterocycles. The normalized spacial score (nSPS) is 11.4. The van der Waals surface area contributed by atoms with E-state index in [-0.39, 0.29) is 16.5 Å². The molecule has 0 saturated heterocycles. The highest BCUT2D eigenvalue weighted by atomic mass is 16.5. The second-order valence-corrected chi connectivity index (χ2v) is 11.0. The standard InChI is InChI=1S/C32H47NO4/c1-5-6-7-8-9-10-11-12-13-14-15-18-23-37-29-22-21-25(32(2,3)4)24-28(29)33-30(34)26-19-16-17-20-27(26)31(35)36/h16-17,19-22,24H,5-15,18,23H2,1-4H3,(H,33,34)(H,35,36). The van der Waals surface area contributed by atoms with Crippen molar-refractivity contribution in [2.45, 2.75) is 110 Å². The second kappa shape index (κ2) is 16.1. The van der Waals surface area contributed by atoms with E-state index in [0.717, 1.165) is 18.4 Å². The Hall–Kier alpha value is -2.82. The van der Waals surface area contributed by atoms with Crippen molar-refractivity contribution in [1.29, 1.82) is 0 Å². The molecule has 0 radical (unpaired) electrons. The van der Waals surface area contributed by atoms with Gasteiger partial charge in [0.1, 0.15) is 5.75 Å². The molecule has 2 aromatic rings. The van der Waals surface area contributed by atoms with Crippen molar-refractivity contribution in [3.8, 4) is 5.75 Å². The molecule has 2 rings (SSSR count). The summed E-state index contributed by atoms with van der Waals surface area (Å²) in [7, 11) is 0. The van der Waals surface area contributed by atoms with E-state index in [1.165, 1.54) is 76.3 Å². The number of carbonyl (C=O) groups is 2. The fraction of sp³-hybridized carbons (Fsp3) is 0.562. The van der Waals surface area contributed by atoms with Gasteiger partial charge in [-0.2, -0.15) is 0 Å². The van der Waals surface area contributed by atoms with Crippen molar-refractivity contribution >= 4 is 17.6 Å². The minimum Gasteiger partial charge on any atom is -0.491 e. The Labute approximate surface area is 224 Å². The third-order valence-electron chi connectivity index (χ3n) is 6.75. The van der Waals surface area contributed by atoms with E-state index >= 15 is 0 Å². The number of carboxylic acid groups (broad SMARTS) is 1. The minimum atomic E-state index is -1.13. The maximum absolute atomic E-state index is 13.0. The van der Waals surface area contributed by atoms with Crippen molar-refractivity contribution < 1.29 is 19.4 Å². The molecule has 0 atom stereocenters. The van der Waals surface area contributed by atoms with Crippen LogP contribution in [0.5, 0.6) is 5.75 Å². The topological polar surface area (TPSA) is 75.6 Å². The van der Waals surface area contributed by atoms with Crippen molar-refractivity contribution in [2.24, 2.45) is 0 Å². The molecule has 37 heavy (non-hydrogen) atoms. The van der Waals surface area contributed by atoms with Gasteiger partial charge in [-0.05, 0) is 41.7 Å². The van der Waals surface area contributed by atoms with Crippen LogP contribution in [0.25, 0.3) is 0 Å². The Balaban J connectivity index is 1.86. The Morgan fingerprint density at radius 1 is 0.784 bits per heavy atom. The number of carboxylic acids is 1. The van der Waals surface area contributed by atoms with Gasteiger partial charge in [-0.25, -0.2) is 4.79 Å². The molecule has 0 aliphatic rings. The van der Waals surface area contributed by atoms with E-state index in [2.05, 4.69) is 33.0 Å². The maximum Gasteiger partial charge on any atom is 0.336 e. The Morgan fingerprint density at radius 2 is 1.32 bits per heavy atom. The summed E-state index contributed by atoms with van der Waals surface area (Å²) in [5.41, 5.74) is 1.63. The smallest absolute Gasteiger partial charge is 0.336 e. The molecule has 0 unspecified atom stereocenters. The lowest BCUT2D eigenvalue weighted by molar-refractivity contribution is 0.0692. The van der Waals surface area contributed by atoms with Gasteiger partial charge >= 0.3 is 5.97 Å². The number of amides is 1. The van der Waals surface area contributed by atoms with E-state index in [9.17, 15) is 14.7 Å². The molecule has 0 fully saturated rings. The fourth-order valence-corrected chi connectivity index (χ4v) is 4.40. The zero-order valence-electron chi connectivity index (χ0n) is 23.4. The summed E-state index contributed by atoms with van der Waals surface area (Å²) in [5.74, 6) is -0.978. The Bertz CT molecular complexity index is 977. The lowest BCUT2D eigenvalue weighted by Gasteiger charge is -2.22. The summed E-state index contributed by atoms with van der Waals surface area (Å²) >= 11 is 0. The second-order valence-electron chi connectivity index (χ2n) is 11.0. The fourth-order valence-electron chi connectivity index (χ4n) is 4.40. The SMILES string of the molecule is CCCCCCCCCCCCCCOc1ccc(C(C)(C)C)cc1NC(=O)c1ccccc1C(=O)O. The third-order valence-corrected chi connectivity index (χ3v) is 6.75. The number of hydrogen-bond acceptors (Lipinski definition) is 3. The van der Waals surface area contributed by atoms with Gasteiger partial charge in [-0.1, -0.05) is 117 Å².